The van der Waals surface area contributed by atoms with Crippen LogP contribution in [0.15, 0.2) is 29.3 Å². The van der Waals surface area contributed by atoms with Crippen molar-refractivity contribution in [1.82, 2.24) is 24.2 Å². The van der Waals surface area contributed by atoms with E-state index < -0.39 is 10.0 Å². The number of nitrogens with one attached hydrogen (secondary N) is 1. The van der Waals surface area contributed by atoms with Gasteiger partial charge in [0, 0.05) is 36.6 Å². The maximum Gasteiger partial charge on any atom is 0.254 e. The fourth-order valence-corrected chi connectivity index (χ4v) is 5.19. The van der Waals surface area contributed by atoms with E-state index >= 15 is 0 Å². The number of piperidine rings is 1. The number of amides is 1. The minimum absolute atomic E-state index is 0.00915. The normalized spacial score (nSPS) is 20.0. The molecule has 1 N–H and O–H groups in total. The number of aromatic nitrogens is 3. The van der Waals surface area contributed by atoms with E-state index in [1.807, 2.05) is 0 Å². The molecular weight excluding hydrogens is 406 g/mol. The predicted octanol–water partition coefficient (Wildman–Crippen LogP) is 1.24. The van der Waals surface area contributed by atoms with Gasteiger partial charge >= 0.3 is 0 Å². The molecule has 2 aromatic heterocycles. The summed E-state index contributed by atoms with van der Waals surface area (Å²) in [5.41, 5.74) is 1.31. The van der Waals surface area contributed by atoms with Gasteiger partial charge in [-0.3, -0.25) is 14.6 Å². The van der Waals surface area contributed by atoms with Crippen molar-refractivity contribution in [1.29, 1.82) is 0 Å². The van der Waals surface area contributed by atoms with Gasteiger partial charge in [-0.05, 0) is 44.7 Å². The number of H-pyrrole nitrogens is 1. The lowest BCUT2D eigenvalue weighted by Gasteiger charge is -2.35. The van der Waals surface area contributed by atoms with Gasteiger partial charge in [0.1, 0.15) is 5.82 Å². The van der Waals surface area contributed by atoms with Gasteiger partial charge < -0.3 is 9.88 Å². The van der Waals surface area contributed by atoms with Crippen LogP contribution in [-0.2, 0) is 23.0 Å². The second kappa shape index (κ2) is 8.27. The molecule has 4 rings (SSSR count). The van der Waals surface area contributed by atoms with Crippen molar-refractivity contribution in [2.75, 3.05) is 18.8 Å². The Labute approximate surface area is 175 Å². The Bertz CT molecular complexity index is 1100. The summed E-state index contributed by atoms with van der Waals surface area (Å²) in [5, 5.41) is 0. The van der Waals surface area contributed by atoms with Crippen molar-refractivity contribution in [3.05, 3.63) is 57.5 Å². The molecule has 0 bridgehead atoms. The summed E-state index contributed by atoms with van der Waals surface area (Å²) in [5.74, 6) is 0.309. The van der Waals surface area contributed by atoms with Crippen LogP contribution in [0, 0.1) is 0 Å². The van der Waals surface area contributed by atoms with Gasteiger partial charge in [-0.15, -0.1) is 0 Å². The van der Waals surface area contributed by atoms with Crippen molar-refractivity contribution in [2.45, 2.75) is 45.2 Å². The average Bonchev–Trinajstić information content (AvgIpc) is 2.78. The van der Waals surface area contributed by atoms with Crippen LogP contribution >= 0.6 is 0 Å². The lowest BCUT2D eigenvalue weighted by atomic mass is 9.99. The molecule has 2 aromatic rings. The molecule has 9 nitrogen and oxygen atoms in total. The van der Waals surface area contributed by atoms with Crippen LogP contribution in [0.4, 0.5) is 0 Å². The zero-order chi connectivity index (χ0) is 21.3. The third kappa shape index (κ3) is 3.89. The third-order valence-corrected chi connectivity index (χ3v) is 7.65. The largest absolute Gasteiger partial charge is 0.328 e. The highest BCUT2D eigenvalue weighted by atomic mass is 32.2. The van der Waals surface area contributed by atoms with Crippen molar-refractivity contribution in [2.24, 2.45) is 0 Å². The summed E-state index contributed by atoms with van der Waals surface area (Å²) < 4.78 is 26.0. The maximum atomic E-state index is 13.1. The molecule has 0 spiro atoms. The predicted molar refractivity (Wildman–Crippen MR) is 110 cm³/mol. The Morgan fingerprint density at radius 2 is 2.00 bits per heavy atom. The number of fused-ring (bicyclic) bond motifs is 1. The summed E-state index contributed by atoms with van der Waals surface area (Å²) in [7, 11) is -3.36. The molecule has 1 unspecified atom stereocenters. The lowest BCUT2D eigenvalue weighted by molar-refractivity contribution is 0.0598. The van der Waals surface area contributed by atoms with Crippen molar-refractivity contribution in [3.8, 4) is 0 Å². The van der Waals surface area contributed by atoms with Crippen molar-refractivity contribution < 1.29 is 13.2 Å². The molecule has 10 heteroatoms. The number of carbonyl (C=O) groups is 1. The molecule has 1 amide bonds. The number of likely N-dealkylation sites (tertiary alicyclic amines) is 1. The van der Waals surface area contributed by atoms with E-state index in [-0.39, 0.29) is 36.4 Å². The number of carbonyl (C=O) groups excluding carboxylic acids is 1. The van der Waals surface area contributed by atoms with E-state index in [9.17, 15) is 18.0 Å². The highest BCUT2D eigenvalue weighted by Gasteiger charge is 2.33. The van der Waals surface area contributed by atoms with Gasteiger partial charge in [0.05, 0.1) is 24.0 Å². The average molecular weight is 432 g/mol. The van der Waals surface area contributed by atoms with Crippen LogP contribution in [0.5, 0.6) is 0 Å². The molecule has 1 fully saturated rings. The molecular formula is C20H25N5O4S. The summed E-state index contributed by atoms with van der Waals surface area (Å²) in [6.45, 7) is 2.55. The van der Waals surface area contributed by atoms with Gasteiger partial charge in [-0.2, -0.15) is 4.31 Å². The molecule has 4 heterocycles. The fourth-order valence-electron chi connectivity index (χ4n) is 4.13. The summed E-state index contributed by atoms with van der Waals surface area (Å²) in [6, 6.07) is 2.99. The van der Waals surface area contributed by atoms with E-state index in [1.165, 1.54) is 4.31 Å². The minimum atomic E-state index is -3.36. The zero-order valence-electron chi connectivity index (χ0n) is 16.9. The molecule has 160 valence electrons. The Hall–Kier alpha value is -2.59. The second-order valence-electron chi connectivity index (χ2n) is 7.61. The topological polar surface area (TPSA) is 116 Å². The Morgan fingerprint density at radius 3 is 2.73 bits per heavy atom. The summed E-state index contributed by atoms with van der Waals surface area (Å²) >= 11 is 0. The van der Waals surface area contributed by atoms with Crippen LogP contribution < -0.4 is 5.56 Å². The summed E-state index contributed by atoms with van der Waals surface area (Å²) in [6.07, 6.45) is 5.98. The third-order valence-electron chi connectivity index (χ3n) is 5.82. The molecule has 2 aliphatic heterocycles. The first kappa shape index (κ1) is 20.7. The molecule has 2 aliphatic rings. The zero-order valence-corrected chi connectivity index (χ0v) is 17.7. The Balaban J connectivity index is 1.68. The number of rotatable bonds is 4. The van der Waals surface area contributed by atoms with E-state index in [1.54, 1.807) is 36.4 Å². The SMILES string of the molecule is CCS(=O)(=O)N1CCc2c(nc(C3CCCCN3C(=O)c3ccncc3)[nH]c2=O)C1. The lowest BCUT2D eigenvalue weighted by Crippen LogP contribution is -2.42. The first-order chi connectivity index (χ1) is 14.4. The van der Waals surface area contributed by atoms with Gasteiger partial charge in [-0.1, -0.05) is 0 Å². The van der Waals surface area contributed by atoms with Gasteiger partial charge in [-0.25, -0.2) is 13.4 Å². The number of aromatic amines is 1. The van der Waals surface area contributed by atoms with E-state index in [0.717, 1.165) is 12.8 Å². The monoisotopic (exact) mass is 431 g/mol. The van der Waals surface area contributed by atoms with Crippen LogP contribution in [0.1, 0.15) is 59.7 Å². The minimum Gasteiger partial charge on any atom is -0.328 e. The first-order valence-corrected chi connectivity index (χ1v) is 11.8. The molecule has 30 heavy (non-hydrogen) atoms. The highest BCUT2D eigenvalue weighted by molar-refractivity contribution is 7.89. The van der Waals surface area contributed by atoms with E-state index in [2.05, 4.69) is 15.0 Å². The first-order valence-electron chi connectivity index (χ1n) is 10.2. The van der Waals surface area contributed by atoms with Crippen molar-refractivity contribution >= 4 is 15.9 Å². The number of hydrogen-bond acceptors (Lipinski definition) is 6. The number of pyridine rings is 1. The van der Waals surface area contributed by atoms with Gasteiger partial charge in [0.15, 0.2) is 0 Å². The Morgan fingerprint density at radius 1 is 1.23 bits per heavy atom. The molecule has 0 aliphatic carbocycles. The van der Waals surface area contributed by atoms with Crippen LogP contribution in [-0.4, -0.2) is 57.3 Å². The number of sulfonamides is 1. The quantitative estimate of drug-likeness (QED) is 0.779. The van der Waals surface area contributed by atoms with Gasteiger partial charge in [0.25, 0.3) is 11.5 Å². The summed E-state index contributed by atoms with van der Waals surface area (Å²) in [4.78, 5) is 39.0. The highest BCUT2D eigenvalue weighted by Crippen LogP contribution is 2.30. The molecule has 1 saturated heterocycles. The molecule has 0 aromatic carbocycles. The van der Waals surface area contributed by atoms with Crippen LogP contribution in [0.2, 0.25) is 0 Å². The molecule has 0 saturated carbocycles. The smallest absolute Gasteiger partial charge is 0.254 e. The fraction of sp³-hybridized carbons (Fsp3) is 0.500. The van der Waals surface area contributed by atoms with E-state index in [0.29, 0.717) is 42.0 Å². The Kier molecular flexibility index (Phi) is 5.70. The maximum absolute atomic E-state index is 13.1. The van der Waals surface area contributed by atoms with Crippen LogP contribution in [0.3, 0.4) is 0 Å². The standard InChI is InChI=1S/C20H25N5O4S/c1-2-30(28,29)24-12-8-15-16(13-24)22-18(23-19(15)26)17-5-3-4-11-25(17)20(27)14-6-9-21-10-7-14/h6-7,9-10,17H,2-5,8,11-13H2,1H3,(H,22,23,26). The molecule has 1 atom stereocenters. The number of hydrogen-bond donors (Lipinski definition) is 1. The second-order valence-corrected chi connectivity index (χ2v) is 9.86. The van der Waals surface area contributed by atoms with Crippen LogP contribution in [0.25, 0.3) is 0 Å². The van der Waals surface area contributed by atoms with Gasteiger partial charge in [0.2, 0.25) is 10.0 Å². The molecule has 0 radical (unpaired) electrons. The van der Waals surface area contributed by atoms with Crippen molar-refractivity contribution in [3.63, 3.8) is 0 Å². The van der Waals surface area contributed by atoms with E-state index in [4.69, 9.17) is 0 Å². The number of nitrogens with zero attached hydrogens (tertiary/aromatic N) is 4.